The molecule has 0 spiro atoms. The van der Waals surface area contributed by atoms with Gasteiger partial charge in [-0.15, -0.1) is 0 Å². The highest BCUT2D eigenvalue weighted by Gasteiger charge is 2.51. The number of aliphatic hydroxyl groups is 8. The number of hydrogen-bond donors (Lipinski definition) is 9. The van der Waals surface area contributed by atoms with Crippen molar-refractivity contribution in [3.05, 3.63) is 0 Å². The van der Waals surface area contributed by atoms with Gasteiger partial charge in [-0.05, 0) is 12.8 Å². The Morgan fingerprint density at radius 1 is 0.478 bits per heavy atom. The first-order chi connectivity index (χ1) is 32.6. The minimum Gasteiger partial charge on any atom is -0.394 e. The molecule has 12 unspecified atom stereocenters. The van der Waals surface area contributed by atoms with Crippen LogP contribution in [0.2, 0.25) is 0 Å². The molecule has 12 atom stereocenters. The fourth-order valence-corrected chi connectivity index (χ4v) is 9.53. The summed E-state index contributed by atoms with van der Waals surface area (Å²) < 4.78 is 22.8. The molecule has 0 radical (unpaired) electrons. The van der Waals surface area contributed by atoms with E-state index in [-0.39, 0.29) is 12.5 Å². The van der Waals surface area contributed by atoms with Crippen molar-refractivity contribution in [3.8, 4) is 0 Å². The summed E-state index contributed by atoms with van der Waals surface area (Å²) in [5.41, 5.74) is 0. The van der Waals surface area contributed by atoms with E-state index in [1.165, 1.54) is 161 Å². The van der Waals surface area contributed by atoms with Gasteiger partial charge in [0.2, 0.25) is 5.91 Å². The number of amides is 1. The molecule has 398 valence electrons. The standard InChI is InChI=1S/C53H103NO13/c1-3-5-7-9-11-13-14-15-16-17-18-19-20-21-22-23-24-25-26-27-29-30-32-34-36-42(57)41(54-45(58)37-35-33-31-28-12-10-8-6-4-2)40-64-52-50(63)48(61)51(44(39-56)66-52)67-53-49(62)47(60)46(59)43(38-55)65-53/h41-44,46-53,55-57,59-63H,3-40H2,1-2H3,(H,54,58). The van der Waals surface area contributed by atoms with Gasteiger partial charge in [0.05, 0.1) is 32.0 Å². The fourth-order valence-electron chi connectivity index (χ4n) is 9.53. The van der Waals surface area contributed by atoms with Crippen molar-refractivity contribution in [3.63, 3.8) is 0 Å². The number of rotatable bonds is 44. The van der Waals surface area contributed by atoms with E-state index in [9.17, 15) is 45.6 Å². The highest BCUT2D eigenvalue weighted by atomic mass is 16.7. The van der Waals surface area contributed by atoms with E-state index in [0.717, 1.165) is 51.4 Å². The molecular formula is C53H103NO13. The Kier molecular flexibility index (Phi) is 37.6. The molecule has 2 heterocycles. The van der Waals surface area contributed by atoms with Crippen molar-refractivity contribution in [2.75, 3.05) is 19.8 Å². The zero-order valence-electron chi connectivity index (χ0n) is 42.4. The smallest absolute Gasteiger partial charge is 0.220 e. The summed E-state index contributed by atoms with van der Waals surface area (Å²) in [6.45, 7) is 2.85. The van der Waals surface area contributed by atoms with E-state index in [2.05, 4.69) is 19.2 Å². The maximum absolute atomic E-state index is 13.1. The monoisotopic (exact) mass is 962 g/mol. The second-order valence-corrected chi connectivity index (χ2v) is 20.1. The summed E-state index contributed by atoms with van der Waals surface area (Å²) in [5, 5.41) is 86.9. The van der Waals surface area contributed by atoms with Crippen molar-refractivity contribution >= 4 is 5.91 Å². The molecule has 2 saturated heterocycles. The van der Waals surface area contributed by atoms with Crippen molar-refractivity contribution in [1.29, 1.82) is 0 Å². The molecule has 14 heteroatoms. The van der Waals surface area contributed by atoms with Gasteiger partial charge in [-0.1, -0.05) is 219 Å². The van der Waals surface area contributed by atoms with Crippen molar-refractivity contribution in [2.45, 2.75) is 312 Å². The highest BCUT2D eigenvalue weighted by Crippen LogP contribution is 2.30. The average Bonchev–Trinajstić information content (AvgIpc) is 3.32. The maximum atomic E-state index is 13.1. The van der Waals surface area contributed by atoms with Gasteiger partial charge in [0.15, 0.2) is 12.6 Å². The zero-order chi connectivity index (χ0) is 48.9. The van der Waals surface area contributed by atoms with Crippen LogP contribution in [0.5, 0.6) is 0 Å². The van der Waals surface area contributed by atoms with Crippen LogP contribution in [-0.2, 0) is 23.7 Å². The molecule has 9 N–H and O–H groups in total. The molecule has 0 aromatic carbocycles. The summed E-state index contributed by atoms with van der Waals surface area (Å²) in [7, 11) is 0. The number of carbonyl (C=O) groups is 1. The van der Waals surface area contributed by atoms with Crippen LogP contribution >= 0.6 is 0 Å². The summed E-state index contributed by atoms with van der Waals surface area (Å²) in [6.07, 6.45) is 25.6. The van der Waals surface area contributed by atoms with Crippen molar-refractivity contribution < 1.29 is 64.6 Å². The second kappa shape index (κ2) is 40.6. The van der Waals surface area contributed by atoms with Gasteiger partial charge in [0.1, 0.15) is 48.8 Å². The summed E-state index contributed by atoms with van der Waals surface area (Å²) in [4.78, 5) is 13.1. The van der Waals surface area contributed by atoms with E-state index in [1.54, 1.807) is 0 Å². The Balaban J connectivity index is 1.71. The zero-order valence-corrected chi connectivity index (χ0v) is 42.4. The summed E-state index contributed by atoms with van der Waals surface area (Å²) in [5.74, 6) is -0.207. The molecule has 0 aliphatic carbocycles. The van der Waals surface area contributed by atoms with Gasteiger partial charge in [-0.25, -0.2) is 0 Å². The van der Waals surface area contributed by atoms with E-state index < -0.39 is 86.8 Å². The van der Waals surface area contributed by atoms with Crippen LogP contribution in [-0.4, -0.2) is 140 Å². The predicted molar refractivity (Wildman–Crippen MR) is 263 cm³/mol. The fraction of sp³-hybridized carbons (Fsp3) is 0.981. The third-order valence-corrected chi connectivity index (χ3v) is 14.1. The lowest BCUT2D eigenvalue weighted by atomic mass is 9.97. The number of ether oxygens (including phenoxy) is 4. The number of hydrogen-bond acceptors (Lipinski definition) is 13. The molecule has 1 amide bonds. The number of unbranched alkanes of at least 4 members (excludes halogenated alkanes) is 31. The lowest BCUT2D eigenvalue weighted by Crippen LogP contribution is -2.65. The van der Waals surface area contributed by atoms with Crippen molar-refractivity contribution in [1.82, 2.24) is 5.32 Å². The second-order valence-electron chi connectivity index (χ2n) is 20.1. The van der Waals surface area contributed by atoms with Gasteiger partial charge in [-0.3, -0.25) is 4.79 Å². The van der Waals surface area contributed by atoms with Crippen LogP contribution < -0.4 is 5.32 Å². The molecule has 0 aromatic rings. The molecule has 0 saturated carbocycles. The molecule has 67 heavy (non-hydrogen) atoms. The van der Waals surface area contributed by atoms with E-state index >= 15 is 0 Å². The lowest BCUT2D eigenvalue weighted by molar-refractivity contribution is -0.359. The SMILES string of the molecule is CCCCCCCCCCCCCCCCCCCCCCCCCCC(O)C(COC1OC(CO)C(OC2OC(CO)C(O)C(O)C2O)C(O)C1O)NC(=O)CCCCCCCCCCC. The van der Waals surface area contributed by atoms with Crippen molar-refractivity contribution in [2.24, 2.45) is 0 Å². The quantitative estimate of drug-likeness (QED) is 0.0263. The molecule has 2 rings (SSSR count). The topological polar surface area (TPSA) is 228 Å². The Labute approximate surface area is 406 Å². The van der Waals surface area contributed by atoms with Gasteiger partial charge in [0.25, 0.3) is 0 Å². The predicted octanol–water partition coefficient (Wildman–Crippen LogP) is 8.17. The summed E-state index contributed by atoms with van der Waals surface area (Å²) in [6, 6.07) is -0.820. The Bertz CT molecular complexity index is 1140. The third-order valence-electron chi connectivity index (χ3n) is 14.1. The van der Waals surface area contributed by atoms with Crippen LogP contribution in [0, 0.1) is 0 Å². The van der Waals surface area contributed by atoms with E-state index in [4.69, 9.17) is 18.9 Å². The number of carbonyl (C=O) groups excluding carboxylic acids is 1. The van der Waals surface area contributed by atoms with E-state index in [1.807, 2.05) is 0 Å². The average molecular weight is 962 g/mol. The third kappa shape index (κ3) is 27.4. The maximum Gasteiger partial charge on any atom is 0.220 e. The largest absolute Gasteiger partial charge is 0.394 e. The van der Waals surface area contributed by atoms with Crippen LogP contribution in [0.3, 0.4) is 0 Å². The normalized spacial score (nSPS) is 26.5. The molecule has 2 aliphatic rings. The molecule has 0 bridgehead atoms. The highest BCUT2D eigenvalue weighted by molar-refractivity contribution is 5.76. The Morgan fingerprint density at radius 2 is 0.851 bits per heavy atom. The van der Waals surface area contributed by atoms with Crippen LogP contribution in [0.4, 0.5) is 0 Å². The Morgan fingerprint density at radius 3 is 1.27 bits per heavy atom. The molecule has 2 aliphatic heterocycles. The molecule has 0 aromatic heterocycles. The van der Waals surface area contributed by atoms with Crippen LogP contribution in [0.25, 0.3) is 0 Å². The van der Waals surface area contributed by atoms with Gasteiger partial charge >= 0.3 is 0 Å². The Hall–Kier alpha value is -1.01. The first-order valence-electron chi connectivity index (χ1n) is 27.8. The summed E-state index contributed by atoms with van der Waals surface area (Å²) >= 11 is 0. The molecule has 14 nitrogen and oxygen atoms in total. The first-order valence-corrected chi connectivity index (χ1v) is 27.8. The lowest BCUT2D eigenvalue weighted by Gasteiger charge is -2.46. The van der Waals surface area contributed by atoms with E-state index in [0.29, 0.717) is 12.8 Å². The minimum atomic E-state index is -1.78. The molecular weight excluding hydrogens is 859 g/mol. The van der Waals surface area contributed by atoms with Gasteiger partial charge in [0, 0.05) is 6.42 Å². The first kappa shape index (κ1) is 62.1. The van der Waals surface area contributed by atoms with Crippen LogP contribution in [0.1, 0.15) is 239 Å². The molecule has 2 fully saturated rings. The van der Waals surface area contributed by atoms with Crippen LogP contribution in [0.15, 0.2) is 0 Å². The number of nitrogens with one attached hydrogen (secondary N) is 1. The minimum absolute atomic E-state index is 0.207. The van der Waals surface area contributed by atoms with Gasteiger partial charge < -0.3 is 65.1 Å². The van der Waals surface area contributed by atoms with Gasteiger partial charge in [-0.2, -0.15) is 0 Å². The number of aliphatic hydroxyl groups excluding tert-OH is 8.